The maximum atomic E-state index is 11.7. The molecule has 0 aromatic carbocycles. The van der Waals surface area contributed by atoms with E-state index >= 15 is 0 Å². The van der Waals surface area contributed by atoms with E-state index in [0.717, 1.165) is 12.8 Å². The van der Waals surface area contributed by atoms with Crippen molar-refractivity contribution >= 4 is 34.9 Å². The molecule has 4 nitrogen and oxygen atoms in total. The van der Waals surface area contributed by atoms with Gasteiger partial charge in [0.1, 0.15) is 0 Å². The van der Waals surface area contributed by atoms with Crippen molar-refractivity contribution in [1.29, 1.82) is 0 Å². The second kappa shape index (κ2) is 5.55. The Labute approximate surface area is 108 Å². The highest BCUT2D eigenvalue weighted by atomic mass is 32.2. The average Bonchev–Trinajstić information content (AvgIpc) is 2.86. The van der Waals surface area contributed by atoms with Crippen LogP contribution in [0.3, 0.4) is 0 Å². The predicted molar refractivity (Wildman–Crippen MR) is 70.3 cm³/mol. The molecule has 0 bridgehead atoms. The molecule has 1 aromatic rings. The van der Waals surface area contributed by atoms with Gasteiger partial charge in [-0.25, -0.2) is 0 Å². The molecule has 1 heterocycles. The van der Waals surface area contributed by atoms with Gasteiger partial charge in [0.05, 0.1) is 10.6 Å². The largest absolute Gasteiger partial charge is 0.279 e. The number of amides is 2. The van der Waals surface area contributed by atoms with Gasteiger partial charge in [-0.15, -0.1) is 11.3 Å². The van der Waals surface area contributed by atoms with Crippen LogP contribution in [0.2, 0.25) is 0 Å². The highest BCUT2D eigenvalue weighted by Gasteiger charge is 2.18. The van der Waals surface area contributed by atoms with Crippen molar-refractivity contribution in [2.24, 2.45) is 0 Å². The molecule has 0 fully saturated rings. The lowest BCUT2D eigenvalue weighted by Gasteiger charge is -2.04. The van der Waals surface area contributed by atoms with E-state index < -0.39 is 0 Å². The minimum atomic E-state index is -0.223. The second-order valence-corrected chi connectivity index (χ2v) is 5.85. The molecule has 1 aliphatic rings. The van der Waals surface area contributed by atoms with E-state index in [9.17, 15) is 9.59 Å². The summed E-state index contributed by atoms with van der Waals surface area (Å²) in [6.07, 6.45) is 5.17. The zero-order chi connectivity index (χ0) is 12.3. The Morgan fingerprint density at radius 2 is 2.24 bits per heavy atom. The van der Waals surface area contributed by atoms with E-state index in [1.54, 1.807) is 0 Å². The summed E-state index contributed by atoms with van der Waals surface area (Å²) in [5.74, 6) is -0.0601. The van der Waals surface area contributed by atoms with Gasteiger partial charge in [-0.05, 0) is 37.1 Å². The third-order valence-electron chi connectivity index (χ3n) is 2.56. The summed E-state index contributed by atoms with van der Waals surface area (Å²) in [6.45, 7) is 0. The van der Waals surface area contributed by atoms with Crippen LogP contribution in [-0.2, 0) is 17.6 Å². The van der Waals surface area contributed by atoms with Crippen LogP contribution in [0.15, 0.2) is 6.07 Å². The number of hydrazine groups is 1. The lowest BCUT2D eigenvalue weighted by molar-refractivity contribution is -0.119. The summed E-state index contributed by atoms with van der Waals surface area (Å²) in [7, 11) is 0. The molecule has 0 saturated heterocycles. The number of nitrogens with one attached hydrogen (secondary N) is 2. The molecule has 0 saturated carbocycles. The minimum absolute atomic E-state index is 0.185. The van der Waals surface area contributed by atoms with Crippen LogP contribution in [0, 0.1) is 0 Å². The van der Waals surface area contributed by atoms with E-state index in [4.69, 9.17) is 0 Å². The van der Waals surface area contributed by atoms with Gasteiger partial charge in [0.15, 0.2) is 0 Å². The van der Waals surface area contributed by atoms with Crippen LogP contribution in [0.25, 0.3) is 0 Å². The van der Waals surface area contributed by atoms with Crippen molar-refractivity contribution in [3.05, 3.63) is 21.4 Å². The van der Waals surface area contributed by atoms with Crippen LogP contribution < -0.4 is 10.9 Å². The Balaban J connectivity index is 1.89. The van der Waals surface area contributed by atoms with E-state index in [2.05, 4.69) is 10.9 Å². The lowest BCUT2D eigenvalue weighted by atomic mass is 10.2. The quantitative estimate of drug-likeness (QED) is 0.815. The van der Waals surface area contributed by atoms with E-state index in [0.29, 0.717) is 10.6 Å². The molecule has 1 aromatic heterocycles. The van der Waals surface area contributed by atoms with Crippen molar-refractivity contribution in [3.63, 3.8) is 0 Å². The zero-order valence-electron chi connectivity index (χ0n) is 9.54. The first-order chi connectivity index (χ1) is 8.20. The third-order valence-corrected chi connectivity index (χ3v) is 4.35. The number of rotatable bonds is 3. The number of thiophene rings is 1. The van der Waals surface area contributed by atoms with E-state index in [-0.39, 0.29) is 11.8 Å². The molecule has 2 amide bonds. The van der Waals surface area contributed by atoms with Gasteiger partial charge < -0.3 is 0 Å². The number of thioether (sulfide) groups is 1. The molecule has 0 atom stereocenters. The first-order valence-corrected chi connectivity index (χ1v) is 7.61. The summed E-state index contributed by atoms with van der Waals surface area (Å²) in [4.78, 5) is 24.9. The number of carbonyl (C=O) groups is 2. The monoisotopic (exact) mass is 270 g/mol. The van der Waals surface area contributed by atoms with Crippen LogP contribution in [0.1, 0.15) is 26.5 Å². The molecule has 0 unspecified atom stereocenters. The molecule has 0 spiro atoms. The summed E-state index contributed by atoms with van der Waals surface area (Å²) in [6, 6.07) is 1.93. The van der Waals surface area contributed by atoms with Crippen LogP contribution in [-0.4, -0.2) is 23.8 Å². The second-order valence-electron chi connectivity index (χ2n) is 3.85. The lowest BCUT2D eigenvalue weighted by Crippen LogP contribution is -2.42. The summed E-state index contributed by atoms with van der Waals surface area (Å²) < 4.78 is 0. The first kappa shape index (κ1) is 12.4. The molecule has 2 N–H and O–H groups in total. The molecule has 6 heteroatoms. The van der Waals surface area contributed by atoms with Gasteiger partial charge in [-0.2, -0.15) is 11.8 Å². The van der Waals surface area contributed by atoms with Crippen molar-refractivity contribution in [3.8, 4) is 0 Å². The average molecular weight is 270 g/mol. The van der Waals surface area contributed by atoms with Gasteiger partial charge in [-0.1, -0.05) is 0 Å². The summed E-state index contributed by atoms with van der Waals surface area (Å²) in [5.41, 5.74) is 6.11. The van der Waals surface area contributed by atoms with Crippen molar-refractivity contribution in [1.82, 2.24) is 10.9 Å². The molecule has 2 rings (SSSR count). The predicted octanol–water partition coefficient (Wildman–Crippen LogP) is 1.36. The van der Waals surface area contributed by atoms with Crippen LogP contribution in [0.4, 0.5) is 0 Å². The number of hydrogen-bond donors (Lipinski definition) is 2. The van der Waals surface area contributed by atoms with Crippen molar-refractivity contribution in [2.45, 2.75) is 19.3 Å². The Kier molecular flexibility index (Phi) is 4.06. The summed E-state index contributed by atoms with van der Waals surface area (Å²) >= 11 is 2.94. The number of carbonyl (C=O) groups excluding carboxylic acids is 2. The number of aryl methyl sites for hydroxylation is 2. The zero-order valence-corrected chi connectivity index (χ0v) is 11.2. The van der Waals surface area contributed by atoms with E-state index in [1.807, 2.05) is 12.3 Å². The van der Waals surface area contributed by atoms with Crippen molar-refractivity contribution in [2.75, 3.05) is 12.0 Å². The van der Waals surface area contributed by atoms with Crippen LogP contribution >= 0.6 is 23.1 Å². The molecule has 1 aliphatic carbocycles. The maximum absolute atomic E-state index is 11.7. The number of fused-ring (bicyclic) bond motifs is 1. The standard InChI is InChI=1S/C11H14N2O2S2/c1-16-6-10(14)12-13-11(15)9-5-7-3-2-4-8(7)17-9/h5H,2-4,6H2,1H3,(H,12,14)(H,13,15). The fraction of sp³-hybridized carbons (Fsp3) is 0.455. The molecule has 0 aliphatic heterocycles. The molecule has 17 heavy (non-hydrogen) atoms. The van der Waals surface area contributed by atoms with Gasteiger partial charge in [0, 0.05) is 4.88 Å². The van der Waals surface area contributed by atoms with Gasteiger partial charge >= 0.3 is 0 Å². The fourth-order valence-corrected chi connectivity index (χ4v) is 3.28. The third kappa shape index (κ3) is 3.01. The minimum Gasteiger partial charge on any atom is -0.272 e. The Morgan fingerprint density at radius 3 is 2.94 bits per heavy atom. The molecular formula is C11H14N2O2S2. The van der Waals surface area contributed by atoms with E-state index in [1.165, 1.54) is 40.0 Å². The first-order valence-electron chi connectivity index (χ1n) is 5.40. The smallest absolute Gasteiger partial charge is 0.272 e. The molecule has 92 valence electrons. The topological polar surface area (TPSA) is 58.2 Å². The number of hydrogen-bond acceptors (Lipinski definition) is 4. The van der Waals surface area contributed by atoms with Gasteiger partial charge in [0.25, 0.3) is 5.91 Å². The van der Waals surface area contributed by atoms with Gasteiger partial charge in [-0.3, -0.25) is 20.4 Å². The SMILES string of the molecule is CSCC(=O)NNC(=O)c1cc2c(s1)CCC2. The molecular weight excluding hydrogens is 256 g/mol. The summed E-state index contributed by atoms with van der Waals surface area (Å²) in [5, 5.41) is 0. The normalized spacial score (nSPS) is 13.2. The fourth-order valence-electron chi connectivity index (χ4n) is 1.80. The van der Waals surface area contributed by atoms with Crippen molar-refractivity contribution < 1.29 is 9.59 Å². The van der Waals surface area contributed by atoms with Gasteiger partial charge in [0.2, 0.25) is 5.91 Å². The Hall–Kier alpha value is -1.01. The molecule has 0 radical (unpaired) electrons. The highest BCUT2D eigenvalue weighted by Crippen LogP contribution is 2.30. The Bertz CT molecular complexity index is 421. The maximum Gasteiger partial charge on any atom is 0.279 e. The Morgan fingerprint density at radius 1 is 1.41 bits per heavy atom. The highest BCUT2D eigenvalue weighted by molar-refractivity contribution is 7.99. The van der Waals surface area contributed by atoms with Crippen LogP contribution in [0.5, 0.6) is 0 Å².